The van der Waals surface area contributed by atoms with Crippen LogP contribution in [0.5, 0.6) is 0 Å². The van der Waals surface area contributed by atoms with E-state index in [1.165, 1.54) is 5.56 Å². The zero-order valence-electron chi connectivity index (χ0n) is 11.7. The lowest BCUT2D eigenvalue weighted by molar-refractivity contribution is -0.202. The van der Waals surface area contributed by atoms with E-state index >= 15 is 0 Å². The van der Waals surface area contributed by atoms with Gasteiger partial charge in [0.05, 0.1) is 24.0 Å². The molecule has 4 N–H and O–H groups in total. The summed E-state index contributed by atoms with van der Waals surface area (Å²) in [6.45, 7) is -0.520. The molecular formula is C13H17N3O3PS-. The lowest BCUT2D eigenvalue weighted by Gasteiger charge is -2.27. The zero-order valence-corrected chi connectivity index (χ0v) is 13.4. The molecule has 2 aromatic rings. The van der Waals surface area contributed by atoms with E-state index in [0.29, 0.717) is 5.82 Å². The summed E-state index contributed by atoms with van der Waals surface area (Å²) in [6.07, 6.45) is 1.66. The quantitative estimate of drug-likeness (QED) is 0.712. The molecule has 2 atom stereocenters. The highest BCUT2D eigenvalue weighted by Gasteiger charge is 2.26. The number of imidazole rings is 1. The van der Waals surface area contributed by atoms with E-state index in [1.807, 2.05) is 31.2 Å². The van der Waals surface area contributed by atoms with Crippen LogP contribution in [0.1, 0.15) is 18.3 Å². The van der Waals surface area contributed by atoms with Crippen LogP contribution in [0.2, 0.25) is 0 Å². The SMILES string of the molecule is Cc1ccc(-c2cnc(C(C)(N)COP([O-])(O)=S)[nH]2)cc1. The van der Waals surface area contributed by atoms with Gasteiger partial charge in [-0.2, -0.15) is 0 Å². The molecule has 1 aromatic heterocycles. The van der Waals surface area contributed by atoms with Gasteiger partial charge >= 0.3 is 0 Å². The number of aromatic amines is 1. The number of H-pyrrole nitrogens is 1. The van der Waals surface area contributed by atoms with Gasteiger partial charge in [-0.05, 0) is 19.4 Å². The first-order valence-electron chi connectivity index (χ1n) is 6.27. The summed E-state index contributed by atoms with van der Waals surface area (Å²) < 4.78 is 4.72. The van der Waals surface area contributed by atoms with E-state index in [4.69, 9.17) is 15.2 Å². The van der Waals surface area contributed by atoms with Gasteiger partial charge in [0.2, 0.25) is 0 Å². The maximum absolute atomic E-state index is 11.0. The molecule has 2 rings (SSSR count). The van der Waals surface area contributed by atoms with Crippen LogP contribution >= 0.6 is 6.72 Å². The maximum atomic E-state index is 11.0. The first-order chi connectivity index (χ1) is 9.67. The van der Waals surface area contributed by atoms with E-state index < -0.39 is 12.3 Å². The van der Waals surface area contributed by atoms with Gasteiger partial charge in [0.1, 0.15) is 12.5 Å². The largest absolute Gasteiger partial charge is 0.780 e. The molecule has 0 bridgehead atoms. The van der Waals surface area contributed by atoms with Crippen molar-refractivity contribution in [3.8, 4) is 11.3 Å². The third-order valence-electron chi connectivity index (χ3n) is 3.01. The molecule has 2 unspecified atom stereocenters. The van der Waals surface area contributed by atoms with Gasteiger partial charge in [-0.15, -0.1) is 0 Å². The van der Waals surface area contributed by atoms with Crippen LogP contribution in [0.3, 0.4) is 0 Å². The van der Waals surface area contributed by atoms with Crippen molar-refractivity contribution in [3.05, 3.63) is 41.9 Å². The Kier molecular flexibility index (Phi) is 4.63. The van der Waals surface area contributed by atoms with E-state index in [2.05, 4.69) is 21.8 Å². The molecule has 0 fully saturated rings. The van der Waals surface area contributed by atoms with Crippen LogP contribution in [-0.2, 0) is 21.9 Å². The van der Waals surface area contributed by atoms with Gasteiger partial charge in [0, 0.05) is 0 Å². The normalized spacial score (nSPS) is 17.2. The standard InChI is InChI=1S/C13H18N3O3PS/c1-9-3-5-10(6-4-9)11-7-15-12(16-11)13(2,14)8-19-20(17,18)21/h3-7H,8,14H2,1-2H3,(H,15,16)(H2,17,18,21)/p-1. The molecule has 0 spiro atoms. The van der Waals surface area contributed by atoms with Crippen molar-refractivity contribution in [2.75, 3.05) is 6.61 Å². The first kappa shape index (κ1) is 16.3. The molecule has 0 aliphatic carbocycles. The average molecular weight is 326 g/mol. The number of rotatable bonds is 5. The highest BCUT2D eigenvalue weighted by molar-refractivity contribution is 8.06. The summed E-state index contributed by atoms with van der Waals surface area (Å²) in [4.78, 5) is 27.3. The van der Waals surface area contributed by atoms with E-state index in [1.54, 1.807) is 13.1 Å². The van der Waals surface area contributed by atoms with Gasteiger partial charge in [0.25, 0.3) is 0 Å². The van der Waals surface area contributed by atoms with Gasteiger partial charge < -0.3 is 25.0 Å². The van der Waals surface area contributed by atoms with Gasteiger partial charge in [-0.3, -0.25) is 0 Å². The third kappa shape index (κ3) is 4.44. The summed E-state index contributed by atoms with van der Waals surface area (Å²) in [5.41, 5.74) is 7.98. The maximum Gasteiger partial charge on any atom is 0.128 e. The molecule has 0 saturated heterocycles. The molecule has 0 aliphatic rings. The number of benzene rings is 1. The van der Waals surface area contributed by atoms with Crippen LogP contribution in [-0.4, -0.2) is 21.5 Å². The second-order valence-corrected chi connectivity index (χ2v) is 7.75. The minimum atomic E-state index is -3.98. The number of nitrogens with one attached hydrogen (secondary N) is 1. The minimum absolute atomic E-state index is 0.203. The number of aryl methyl sites for hydroxylation is 1. The number of nitrogens with two attached hydrogens (primary N) is 1. The van der Waals surface area contributed by atoms with Crippen molar-refractivity contribution in [2.24, 2.45) is 5.73 Å². The molecule has 0 amide bonds. The van der Waals surface area contributed by atoms with Crippen molar-refractivity contribution in [3.63, 3.8) is 0 Å². The van der Waals surface area contributed by atoms with Gasteiger partial charge in [0.15, 0.2) is 0 Å². The molecule has 0 aliphatic heterocycles. The minimum Gasteiger partial charge on any atom is -0.780 e. The molecule has 0 radical (unpaired) electrons. The summed E-state index contributed by atoms with van der Waals surface area (Å²) >= 11 is 4.30. The number of hydrogen-bond donors (Lipinski definition) is 3. The van der Waals surface area contributed by atoms with Crippen LogP contribution in [0.4, 0.5) is 0 Å². The Balaban J connectivity index is 2.18. The van der Waals surface area contributed by atoms with Gasteiger partial charge in [-0.25, -0.2) is 4.98 Å². The van der Waals surface area contributed by atoms with Gasteiger partial charge in [-0.1, -0.05) is 41.6 Å². The van der Waals surface area contributed by atoms with Crippen molar-refractivity contribution < 1.29 is 14.3 Å². The Labute approximate surface area is 128 Å². The fraction of sp³-hybridized carbons (Fsp3) is 0.308. The van der Waals surface area contributed by atoms with Crippen molar-refractivity contribution >= 4 is 18.5 Å². The fourth-order valence-electron chi connectivity index (χ4n) is 1.78. The van der Waals surface area contributed by atoms with Crippen LogP contribution in [0.25, 0.3) is 11.3 Å². The molecule has 8 heteroatoms. The molecule has 1 heterocycles. The smallest absolute Gasteiger partial charge is 0.128 e. The van der Waals surface area contributed by atoms with Crippen molar-refractivity contribution in [1.82, 2.24) is 9.97 Å². The fourth-order valence-corrected chi connectivity index (χ4v) is 2.36. The topological polar surface area (TPSA) is 107 Å². The zero-order chi connectivity index (χ0) is 15.7. The number of nitrogens with zero attached hydrogens (tertiary/aromatic N) is 1. The van der Waals surface area contributed by atoms with Crippen molar-refractivity contribution in [2.45, 2.75) is 19.4 Å². The lowest BCUT2D eigenvalue weighted by atomic mass is 10.1. The predicted molar refractivity (Wildman–Crippen MR) is 82.8 cm³/mol. The molecular weight excluding hydrogens is 309 g/mol. The summed E-state index contributed by atoms with van der Waals surface area (Å²) in [5, 5.41) is 0. The Morgan fingerprint density at radius 2 is 2.10 bits per heavy atom. The Morgan fingerprint density at radius 3 is 2.67 bits per heavy atom. The van der Waals surface area contributed by atoms with Crippen LogP contribution in [0.15, 0.2) is 30.5 Å². The first-order valence-corrected chi connectivity index (χ1v) is 8.86. The number of aromatic nitrogens is 2. The lowest BCUT2D eigenvalue weighted by Crippen LogP contribution is -2.39. The molecule has 1 aromatic carbocycles. The summed E-state index contributed by atoms with van der Waals surface area (Å²) in [7, 11) is 0. The second kappa shape index (κ2) is 5.96. The number of hydrogen-bond acceptors (Lipinski definition) is 5. The van der Waals surface area contributed by atoms with E-state index in [0.717, 1.165) is 11.3 Å². The Bertz CT molecular complexity index is 664. The molecule has 6 nitrogen and oxygen atoms in total. The molecule has 21 heavy (non-hydrogen) atoms. The predicted octanol–water partition coefficient (Wildman–Crippen LogP) is 1.15. The highest BCUT2D eigenvalue weighted by Crippen LogP contribution is 2.33. The monoisotopic (exact) mass is 326 g/mol. The second-order valence-electron chi connectivity index (χ2n) is 5.17. The third-order valence-corrected chi connectivity index (χ3v) is 3.78. The molecule has 114 valence electrons. The highest BCUT2D eigenvalue weighted by atomic mass is 32.5. The summed E-state index contributed by atoms with van der Waals surface area (Å²) in [6, 6.07) is 7.95. The Morgan fingerprint density at radius 1 is 1.48 bits per heavy atom. The summed E-state index contributed by atoms with van der Waals surface area (Å²) in [5.74, 6) is 0.460. The van der Waals surface area contributed by atoms with Crippen LogP contribution in [0, 0.1) is 6.92 Å². The Hall–Kier alpha value is -1.08. The van der Waals surface area contributed by atoms with Crippen LogP contribution < -0.4 is 10.6 Å². The average Bonchev–Trinajstić information content (AvgIpc) is 2.87. The molecule has 0 saturated carbocycles. The van der Waals surface area contributed by atoms with E-state index in [9.17, 15) is 4.89 Å². The van der Waals surface area contributed by atoms with Crippen molar-refractivity contribution in [1.29, 1.82) is 0 Å². The van der Waals surface area contributed by atoms with E-state index in [-0.39, 0.29) is 6.61 Å².